The molecule has 0 bridgehead atoms. The molecule has 0 aromatic carbocycles. The number of hydrazine groups is 1. The van der Waals surface area contributed by atoms with Crippen LogP contribution in [-0.2, 0) is 11.3 Å². The van der Waals surface area contributed by atoms with E-state index in [1.165, 1.54) is 11.3 Å². The molecule has 16 heavy (non-hydrogen) atoms. The number of nitrogens with one attached hydrogen (secondary N) is 1. The number of amides is 1. The van der Waals surface area contributed by atoms with Gasteiger partial charge in [-0.05, 0) is 12.8 Å². The van der Waals surface area contributed by atoms with E-state index in [0.717, 1.165) is 30.8 Å². The normalized spacial score (nSPS) is 17.3. The van der Waals surface area contributed by atoms with Crippen molar-refractivity contribution in [1.82, 2.24) is 15.1 Å². The summed E-state index contributed by atoms with van der Waals surface area (Å²) in [6, 6.07) is 0. The number of nitrogens with zero attached hydrogens (tertiary/aromatic N) is 3. The summed E-state index contributed by atoms with van der Waals surface area (Å²) >= 11 is 1.38. The van der Waals surface area contributed by atoms with E-state index in [4.69, 9.17) is 5.84 Å². The highest BCUT2D eigenvalue weighted by atomic mass is 32.1. The molecule has 0 saturated carbocycles. The molecule has 7 heteroatoms. The lowest BCUT2D eigenvalue weighted by Gasteiger charge is -2.18. The second kappa shape index (κ2) is 5.22. The Hall–Kier alpha value is -1.21. The van der Waals surface area contributed by atoms with Crippen LogP contribution in [0.2, 0.25) is 0 Å². The molecule has 0 atom stereocenters. The fourth-order valence-electron chi connectivity index (χ4n) is 1.74. The number of anilines is 1. The third kappa shape index (κ3) is 2.67. The standard InChI is InChI=1S/C9H15N5OS/c10-11-9-13-12-7(16-9)6-14-5-3-1-2-4-8(14)15/h1-6,10H2,(H,11,13). The molecule has 1 fully saturated rings. The van der Waals surface area contributed by atoms with Crippen LogP contribution in [0.4, 0.5) is 5.13 Å². The van der Waals surface area contributed by atoms with Crippen molar-refractivity contribution in [3.8, 4) is 0 Å². The van der Waals surface area contributed by atoms with E-state index in [2.05, 4.69) is 15.6 Å². The molecular formula is C9H15N5OS. The second-order valence-corrected chi connectivity index (χ2v) is 4.83. The molecule has 1 amide bonds. The summed E-state index contributed by atoms with van der Waals surface area (Å²) in [6.45, 7) is 1.38. The monoisotopic (exact) mass is 241 g/mol. The van der Waals surface area contributed by atoms with Crippen LogP contribution in [0.25, 0.3) is 0 Å². The van der Waals surface area contributed by atoms with Crippen molar-refractivity contribution in [1.29, 1.82) is 0 Å². The summed E-state index contributed by atoms with van der Waals surface area (Å²) in [5, 5.41) is 9.22. The van der Waals surface area contributed by atoms with Gasteiger partial charge in [0.1, 0.15) is 5.01 Å². The molecule has 1 saturated heterocycles. The molecule has 1 aliphatic heterocycles. The van der Waals surface area contributed by atoms with Gasteiger partial charge in [-0.2, -0.15) is 0 Å². The number of aromatic nitrogens is 2. The Morgan fingerprint density at radius 2 is 2.25 bits per heavy atom. The lowest BCUT2D eigenvalue weighted by molar-refractivity contribution is -0.131. The lowest BCUT2D eigenvalue weighted by Crippen LogP contribution is -2.29. The van der Waals surface area contributed by atoms with Crippen molar-refractivity contribution in [2.75, 3.05) is 12.0 Å². The van der Waals surface area contributed by atoms with E-state index in [-0.39, 0.29) is 5.91 Å². The third-order valence-electron chi connectivity index (χ3n) is 2.59. The van der Waals surface area contributed by atoms with E-state index in [1.807, 2.05) is 4.90 Å². The van der Waals surface area contributed by atoms with E-state index >= 15 is 0 Å². The Bertz CT molecular complexity index is 367. The minimum absolute atomic E-state index is 0.218. The first kappa shape index (κ1) is 11.3. The second-order valence-electron chi connectivity index (χ2n) is 3.77. The molecule has 1 aromatic heterocycles. The van der Waals surface area contributed by atoms with Gasteiger partial charge in [-0.1, -0.05) is 17.8 Å². The van der Waals surface area contributed by atoms with E-state index in [9.17, 15) is 4.79 Å². The molecule has 2 heterocycles. The van der Waals surface area contributed by atoms with Crippen LogP contribution in [0.3, 0.4) is 0 Å². The molecule has 88 valence electrons. The number of likely N-dealkylation sites (tertiary alicyclic amines) is 1. The molecule has 0 radical (unpaired) electrons. The average molecular weight is 241 g/mol. The first-order valence-corrected chi connectivity index (χ1v) is 6.18. The predicted octanol–water partition coefficient (Wildman–Crippen LogP) is 0.726. The van der Waals surface area contributed by atoms with Crippen LogP contribution >= 0.6 is 11.3 Å². The van der Waals surface area contributed by atoms with Crippen LogP contribution in [0.15, 0.2) is 0 Å². The van der Waals surface area contributed by atoms with E-state index < -0.39 is 0 Å². The van der Waals surface area contributed by atoms with Gasteiger partial charge in [0.15, 0.2) is 0 Å². The highest BCUT2D eigenvalue weighted by molar-refractivity contribution is 7.15. The molecule has 0 spiro atoms. The molecule has 1 aliphatic rings. The Morgan fingerprint density at radius 3 is 3.00 bits per heavy atom. The Balaban J connectivity index is 1.99. The number of hydrogen-bond donors (Lipinski definition) is 2. The smallest absolute Gasteiger partial charge is 0.222 e. The summed E-state index contributed by atoms with van der Waals surface area (Å²) in [5.41, 5.74) is 2.45. The zero-order valence-corrected chi connectivity index (χ0v) is 9.79. The van der Waals surface area contributed by atoms with Gasteiger partial charge in [0.05, 0.1) is 6.54 Å². The highest BCUT2D eigenvalue weighted by Crippen LogP contribution is 2.18. The third-order valence-corrected chi connectivity index (χ3v) is 3.43. The number of hydrogen-bond acceptors (Lipinski definition) is 6. The van der Waals surface area contributed by atoms with Crippen LogP contribution < -0.4 is 11.3 Å². The number of carbonyl (C=O) groups excluding carboxylic acids is 1. The van der Waals surface area contributed by atoms with Crippen molar-refractivity contribution in [3.63, 3.8) is 0 Å². The zero-order chi connectivity index (χ0) is 11.4. The largest absolute Gasteiger partial charge is 0.336 e. The van der Waals surface area contributed by atoms with Crippen molar-refractivity contribution < 1.29 is 4.79 Å². The highest BCUT2D eigenvalue weighted by Gasteiger charge is 2.18. The van der Waals surface area contributed by atoms with E-state index in [0.29, 0.717) is 18.1 Å². The van der Waals surface area contributed by atoms with Crippen LogP contribution in [0.5, 0.6) is 0 Å². The number of rotatable bonds is 3. The summed E-state index contributed by atoms with van der Waals surface area (Å²) in [5.74, 6) is 5.44. The molecule has 1 aromatic rings. The first-order valence-electron chi connectivity index (χ1n) is 5.36. The average Bonchev–Trinajstić information content (AvgIpc) is 2.65. The summed E-state index contributed by atoms with van der Waals surface area (Å²) in [7, 11) is 0. The molecule has 3 N–H and O–H groups in total. The fourth-order valence-corrected chi connectivity index (χ4v) is 2.41. The molecule has 2 rings (SSSR count). The predicted molar refractivity (Wildman–Crippen MR) is 61.6 cm³/mol. The maximum atomic E-state index is 11.7. The molecular weight excluding hydrogens is 226 g/mol. The van der Waals surface area contributed by atoms with Crippen molar-refractivity contribution in [2.24, 2.45) is 5.84 Å². The topological polar surface area (TPSA) is 84.1 Å². The van der Waals surface area contributed by atoms with Crippen molar-refractivity contribution >= 4 is 22.4 Å². The summed E-state index contributed by atoms with van der Waals surface area (Å²) in [6.07, 6.45) is 3.86. The Morgan fingerprint density at radius 1 is 1.38 bits per heavy atom. The Kier molecular flexibility index (Phi) is 3.68. The van der Waals surface area contributed by atoms with E-state index in [1.54, 1.807) is 0 Å². The van der Waals surface area contributed by atoms with Crippen molar-refractivity contribution in [3.05, 3.63) is 5.01 Å². The Labute approximate surface area is 97.8 Å². The quantitative estimate of drug-likeness (QED) is 0.602. The maximum absolute atomic E-state index is 11.7. The van der Waals surface area contributed by atoms with Gasteiger partial charge in [0.25, 0.3) is 0 Å². The minimum atomic E-state index is 0.218. The number of nitrogen functional groups attached to an aromatic ring is 1. The van der Waals surface area contributed by atoms with Crippen molar-refractivity contribution in [2.45, 2.75) is 32.2 Å². The van der Waals surface area contributed by atoms with Gasteiger partial charge in [-0.15, -0.1) is 10.2 Å². The van der Waals surface area contributed by atoms with Crippen LogP contribution in [0.1, 0.15) is 30.7 Å². The fraction of sp³-hybridized carbons (Fsp3) is 0.667. The summed E-state index contributed by atoms with van der Waals surface area (Å²) < 4.78 is 0. The van der Waals surface area contributed by atoms with Gasteiger partial charge in [-0.3, -0.25) is 10.2 Å². The van der Waals surface area contributed by atoms with Crippen LogP contribution in [-0.4, -0.2) is 27.5 Å². The number of carbonyl (C=O) groups is 1. The molecule has 0 aliphatic carbocycles. The van der Waals surface area contributed by atoms with Gasteiger partial charge in [0.2, 0.25) is 11.0 Å². The number of nitrogens with two attached hydrogens (primary N) is 1. The minimum Gasteiger partial charge on any atom is -0.336 e. The van der Waals surface area contributed by atoms with Gasteiger partial charge in [-0.25, -0.2) is 5.84 Å². The maximum Gasteiger partial charge on any atom is 0.222 e. The van der Waals surface area contributed by atoms with Gasteiger partial charge in [0, 0.05) is 13.0 Å². The zero-order valence-electron chi connectivity index (χ0n) is 8.98. The molecule has 0 unspecified atom stereocenters. The van der Waals surface area contributed by atoms with Crippen LogP contribution in [0, 0.1) is 0 Å². The molecule has 6 nitrogen and oxygen atoms in total. The summed E-state index contributed by atoms with van der Waals surface area (Å²) in [4.78, 5) is 13.6. The lowest BCUT2D eigenvalue weighted by atomic mass is 10.2. The van der Waals surface area contributed by atoms with Gasteiger partial charge >= 0.3 is 0 Å². The first-order chi connectivity index (χ1) is 7.79. The SMILES string of the molecule is NNc1nnc(CN2CCCCCC2=O)s1. The van der Waals surface area contributed by atoms with Gasteiger partial charge < -0.3 is 4.90 Å².